The van der Waals surface area contributed by atoms with Gasteiger partial charge in [-0.3, -0.25) is 4.79 Å². The first-order valence-corrected chi connectivity index (χ1v) is 12.4. The van der Waals surface area contributed by atoms with Crippen LogP contribution in [0.15, 0.2) is 41.5 Å². The summed E-state index contributed by atoms with van der Waals surface area (Å²) >= 11 is 0. The van der Waals surface area contributed by atoms with Crippen LogP contribution in [0.25, 0.3) is 16.9 Å². The number of hydrogen-bond acceptors (Lipinski definition) is 7. The fourth-order valence-electron chi connectivity index (χ4n) is 4.79. The zero-order valence-electron chi connectivity index (χ0n) is 22.0. The number of hydrogen-bond donors (Lipinski definition) is 2. The Morgan fingerprint density at radius 3 is 2.61 bits per heavy atom. The molecule has 0 bridgehead atoms. The Hall–Kier alpha value is -3.59. The van der Waals surface area contributed by atoms with E-state index in [0.717, 1.165) is 18.8 Å². The quantitative estimate of drug-likeness (QED) is 0.441. The number of nitrogens with one attached hydrogen (secondary N) is 2. The first-order valence-electron chi connectivity index (χ1n) is 12.4. The predicted molar refractivity (Wildman–Crippen MR) is 142 cm³/mol. The lowest BCUT2D eigenvalue weighted by atomic mass is 9.79. The van der Waals surface area contributed by atoms with Crippen molar-refractivity contribution in [3.8, 4) is 5.82 Å². The van der Waals surface area contributed by atoms with Crippen molar-refractivity contribution in [3.05, 3.63) is 64.0 Å². The number of fused-ring (bicyclic) bond motifs is 2. The summed E-state index contributed by atoms with van der Waals surface area (Å²) in [6.07, 6.45) is 3.32. The smallest absolute Gasteiger partial charge is 0.278 e. The second-order valence-electron chi connectivity index (χ2n) is 11.5. The van der Waals surface area contributed by atoms with Crippen LogP contribution in [-0.2, 0) is 17.4 Å². The lowest BCUT2D eigenvalue weighted by Gasteiger charge is -2.33. The van der Waals surface area contributed by atoms with Crippen LogP contribution in [0.3, 0.4) is 0 Å². The molecule has 0 spiro atoms. The Labute approximate surface area is 211 Å². The number of nitrogens with zero attached hydrogens (tertiary/aromatic N) is 6. The molecule has 188 valence electrons. The number of anilines is 2. The van der Waals surface area contributed by atoms with Gasteiger partial charge in [-0.2, -0.15) is 4.98 Å². The molecule has 3 aromatic heterocycles. The average molecular weight is 487 g/mol. The minimum absolute atomic E-state index is 0.0841. The van der Waals surface area contributed by atoms with Gasteiger partial charge in [0.1, 0.15) is 11.2 Å². The molecule has 0 atom stereocenters. The summed E-state index contributed by atoms with van der Waals surface area (Å²) < 4.78 is 3.45. The van der Waals surface area contributed by atoms with Crippen molar-refractivity contribution < 1.29 is 0 Å². The van der Waals surface area contributed by atoms with Crippen LogP contribution in [0.5, 0.6) is 0 Å². The van der Waals surface area contributed by atoms with Crippen molar-refractivity contribution in [2.75, 3.05) is 11.9 Å². The zero-order chi connectivity index (χ0) is 25.8. The summed E-state index contributed by atoms with van der Waals surface area (Å²) in [5, 5.41) is 7.28. The molecule has 0 saturated heterocycles. The fraction of sp³-hybridized carbons (Fsp3) is 0.444. The van der Waals surface area contributed by atoms with Gasteiger partial charge in [-0.1, -0.05) is 40.7 Å². The van der Waals surface area contributed by atoms with E-state index in [1.807, 2.05) is 13.8 Å². The Bertz CT molecular complexity index is 1510. The minimum atomic E-state index is -0.237. The largest absolute Gasteiger partial charge is 0.324 e. The average Bonchev–Trinajstić information content (AvgIpc) is 3.10. The van der Waals surface area contributed by atoms with Crippen molar-refractivity contribution in [2.45, 2.75) is 71.9 Å². The summed E-state index contributed by atoms with van der Waals surface area (Å²) in [6, 6.07) is 8.08. The molecule has 0 unspecified atom stereocenters. The molecule has 2 N–H and O–H groups in total. The Kier molecular flexibility index (Phi) is 5.70. The molecule has 0 radical (unpaired) electrons. The van der Waals surface area contributed by atoms with Crippen molar-refractivity contribution in [1.82, 2.24) is 34.6 Å². The first-order chi connectivity index (χ1) is 17.0. The second kappa shape index (κ2) is 8.51. The SMILES string of the molecule is CC(C)n1c(=O)c2cnc(Nc3ccc4c(c3)CNCC4(C)C)nc2n1-c1ccnc(C(C)(C)C)n1. The van der Waals surface area contributed by atoms with Crippen LogP contribution in [0.1, 0.15) is 71.5 Å². The van der Waals surface area contributed by atoms with Crippen LogP contribution in [0.4, 0.5) is 11.6 Å². The van der Waals surface area contributed by atoms with Gasteiger partial charge in [0.2, 0.25) is 5.95 Å². The number of aromatic nitrogens is 6. The van der Waals surface area contributed by atoms with Crippen molar-refractivity contribution in [2.24, 2.45) is 0 Å². The Morgan fingerprint density at radius 2 is 1.89 bits per heavy atom. The van der Waals surface area contributed by atoms with E-state index in [1.165, 1.54) is 11.1 Å². The molecule has 36 heavy (non-hydrogen) atoms. The van der Waals surface area contributed by atoms with E-state index in [0.29, 0.717) is 28.6 Å². The fourth-order valence-corrected chi connectivity index (χ4v) is 4.79. The summed E-state index contributed by atoms with van der Waals surface area (Å²) in [5.74, 6) is 1.72. The third kappa shape index (κ3) is 4.17. The van der Waals surface area contributed by atoms with E-state index < -0.39 is 0 Å². The van der Waals surface area contributed by atoms with Gasteiger partial charge in [-0.25, -0.2) is 24.3 Å². The van der Waals surface area contributed by atoms with E-state index >= 15 is 0 Å². The van der Waals surface area contributed by atoms with Gasteiger partial charge in [0.15, 0.2) is 11.5 Å². The topological polar surface area (TPSA) is 103 Å². The molecule has 0 saturated carbocycles. The first kappa shape index (κ1) is 24.1. The van der Waals surface area contributed by atoms with Crippen LogP contribution < -0.4 is 16.2 Å². The lowest BCUT2D eigenvalue weighted by molar-refractivity contribution is 0.435. The van der Waals surface area contributed by atoms with Crippen molar-refractivity contribution in [1.29, 1.82) is 0 Å². The van der Waals surface area contributed by atoms with Gasteiger partial charge in [0, 0.05) is 54.1 Å². The van der Waals surface area contributed by atoms with E-state index in [4.69, 9.17) is 9.97 Å². The molecular weight excluding hydrogens is 452 g/mol. The standard InChI is InChI=1S/C27H34N8O/c1-16(2)34-23(36)19-14-30-25(31-18-8-9-20-17(12-18)13-28-15-27(20,6)7)33-22(19)35(34)21-10-11-29-24(32-21)26(3,4)5/h8-12,14,16,28H,13,15H2,1-7H3,(H,30,31,33). The monoisotopic (exact) mass is 486 g/mol. The van der Waals surface area contributed by atoms with Gasteiger partial charge in [0.25, 0.3) is 5.56 Å². The highest BCUT2D eigenvalue weighted by molar-refractivity contribution is 5.77. The van der Waals surface area contributed by atoms with Gasteiger partial charge in [0.05, 0.1) is 0 Å². The minimum Gasteiger partial charge on any atom is -0.324 e. The van der Waals surface area contributed by atoms with E-state index in [2.05, 4.69) is 73.4 Å². The van der Waals surface area contributed by atoms with Crippen LogP contribution in [0, 0.1) is 0 Å². The third-order valence-corrected chi connectivity index (χ3v) is 6.61. The molecule has 4 heterocycles. The van der Waals surface area contributed by atoms with E-state index in [9.17, 15) is 4.79 Å². The molecule has 9 heteroatoms. The lowest BCUT2D eigenvalue weighted by Crippen LogP contribution is -2.38. The highest BCUT2D eigenvalue weighted by Gasteiger charge is 2.27. The molecule has 1 aliphatic heterocycles. The number of rotatable bonds is 4. The summed E-state index contributed by atoms with van der Waals surface area (Å²) in [6.45, 7) is 16.4. The van der Waals surface area contributed by atoms with Gasteiger partial charge in [-0.05, 0) is 37.1 Å². The molecule has 0 fully saturated rings. The molecule has 0 aliphatic carbocycles. The summed E-state index contributed by atoms with van der Waals surface area (Å²) in [4.78, 5) is 31.8. The molecule has 5 rings (SSSR count). The summed E-state index contributed by atoms with van der Waals surface area (Å²) in [5.41, 5.74) is 3.72. The molecule has 1 aliphatic rings. The van der Waals surface area contributed by atoms with E-state index in [1.54, 1.807) is 27.8 Å². The highest BCUT2D eigenvalue weighted by atomic mass is 16.1. The maximum atomic E-state index is 13.3. The van der Waals surface area contributed by atoms with Crippen LogP contribution in [0.2, 0.25) is 0 Å². The predicted octanol–water partition coefficient (Wildman–Crippen LogP) is 4.38. The highest BCUT2D eigenvalue weighted by Crippen LogP contribution is 2.32. The van der Waals surface area contributed by atoms with Crippen molar-refractivity contribution >= 4 is 22.7 Å². The number of benzene rings is 1. The van der Waals surface area contributed by atoms with Crippen LogP contribution in [-0.4, -0.2) is 35.8 Å². The van der Waals surface area contributed by atoms with Gasteiger partial charge < -0.3 is 10.6 Å². The van der Waals surface area contributed by atoms with Gasteiger partial charge >= 0.3 is 0 Å². The maximum Gasteiger partial charge on any atom is 0.278 e. The zero-order valence-corrected chi connectivity index (χ0v) is 22.0. The van der Waals surface area contributed by atoms with Crippen LogP contribution >= 0.6 is 0 Å². The molecule has 0 amide bonds. The molecular formula is C27H34N8O. The Balaban J connectivity index is 1.61. The van der Waals surface area contributed by atoms with E-state index in [-0.39, 0.29) is 22.4 Å². The second-order valence-corrected chi connectivity index (χ2v) is 11.5. The van der Waals surface area contributed by atoms with Crippen molar-refractivity contribution in [3.63, 3.8) is 0 Å². The molecule has 4 aromatic rings. The maximum absolute atomic E-state index is 13.3. The molecule has 1 aromatic carbocycles. The Morgan fingerprint density at radius 1 is 1.11 bits per heavy atom. The molecule has 9 nitrogen and oxygen atoms in total. The third-order valence-electron chi connectivity index (χ3n) is 6.61. The summed E-state index contributed by atoms with van der Waals surface area (Å²) in [7, 11) is 0. The normalized spacial score (nSPS) is 15.3. The van der Waals surface area contributed by atoms with Gasteiger partial charge in [-0.15, -0.1) is 0 Å².